The summed E-state index contributed by atoms with van der Waals surface area (Å²) < 4.78 is 0. The Morgan fingerprint density at radius 3 is 2.55 bits per heavy atom. The molecule has 0 rings (SSSR count). The maximum absolute atomic E-state index is 9.96. The third kappa shape index (κ3) is 4.72. The van der Waals surface area contributed by atoms with E-state index in [-0.39, 0.29) is 12.5 Å². The minimum absolute atomic E-state index is 0.0328. The molecule has 0 heterocycles. The second kappa shape index (κ2) is 5.07. The van der Waals surface area contributed by atoms with E-state index in [1.165, 1.54) is 0 Å². The molecule has 0 spiro atoms. The fraction of sp³-hybridized carbons (Fsp3) is 1.00. The van der Waals surface area contributed by atoms with Gasteiger partial charge in [-0.15, -0.1) is 0 Å². The number of aliphatic hydroxyl groups is 1. The summed E-state index contributed by atoms with van der Waals surface area (Å²) in [6, 6.07) is 0. The Morgan fingerprint density at radius 2 is 2.18 bits per heavy atom. The van der Waals surface area contributed by atoms with E-state index in [1.807, 2.05) is 13.8 Å². The van der Waals surface area contributed by atoms with Crippen molar-refractivity contribution in [2.75, 3.05) is 6.54 Å². The molecule has 0 aromatic heterocycles. The van der Waals surface area contributed by atoms with Crippen molar-refractivity contribution in [3.63, 3.8) is 0 Å². The number of hydrogen-bond acceptors (Lipinski definition) is 3. The summed E-state index contributed by atoms with van der Waals surface area (Å²) in [7, 11) is 0. The van der Waals surface area contributed by atoms with Crippen LogP contribution in [0.25, 0.3) is 0 Å². The van der Waals surface area contributed by atoms with Crippen LogP contribution in [0.2, 0.25) is 0 Å². The van der Waals surface area contributed by atoms with Crippen LogP contribution in [0.5, 0.6) is 0 Å². The summed E-state index contributed by atoms with van der Waals surface area (Å²) in [5.41, 5.74) is 0. The monoisotopic (exact) mass is 161 g/mol. The smallest absolute Gasteiger partial charge is 0.229 e. The van der Waals surface area contributed by atoms with Crippen LogP contribution in [-0.4, -0.2) is 22.7 Å². The van der Waals surface area contributed by atoms with E-state index in [1.54, 1.807) is 0 Å². The highest BCUT2D eigenvalue weighted by Crippen LogP contribution is 2.10. The van der Waals surface area contributed by atoms with Crippen molar-refractivity contribution in [1.82, 2.24) is 0 Å². The predicted octanol–water partition coefficient (Wildman–Crippen LogP) is 1.06. The fourth-order valence-corrected chi connectivity index (χ4v) is 0.980. The Hall–Kier alpha value is -0.640. The summed E-state index contributed by atoms with van der Waals surface area (Å²) >= 11 is 0. The van der Waals surface area contributed by atoms with Crippen LogP contribution in [-0.2, 0) is 0 Å². The van der Waals surface area contributed by atoms with Crippen LogP contribution in [0.15, 0.2) is 0 Å². The lowest BCUT2D eigenvalue weighted by Gasteiger charge is -2.13. The minimum Gasteiger partial charge on any atom is -0.386 e. The number of nitro groups is 1. The molecule has 4 nitrogen and oxygen atoms in total. The average Bonchev–Trinajstić information content (AvgIpc) is 1.86. The van der Waals surface area contributed by atoms with Gasteiger partial charge in [-0.3, -0.25) is 10.1 Å². The molecule has 4 heteroatoms. The van der Waals surface area contributed by atoms with Crippen LogP contribution in [0.4, 0.5) is 0 Å². The molecule has 0 saturated carbocycles. The third-order valence-electron chi connectivity index (χ3n) is 1.74. The predicted molar refractivity (Wildman–Crippen MR) is 41.9 cm³/mol. The topological polar surface area (TPSA) is 63.4 Å². The SMILES string of the molecule is CCCC(C)C(O)C[N+](=O)[O-]. The van der Waals surface area contributed by atoms with Crippen molar-refractivity contribution in [1.29, 1.82) is 0 Å². The van der Waals surface area contributed by atoms with Crippen molar-refractivity contribution in [2.24, 2.45) is 5.92 Å². The molecule has 0 aromatic carbocycles. The van der Waals surface area contributed by atoms with E-state index in [9.17, 15) is 15.2 Å². The zero-order valence-corrected chi connectivity index (χ0v) is 6.99. The van der Waals surface area contributed by atoms with Crippen molar-refractivity contribution in [2.45, 2.75) is 32.8 Å². The number of nitrogens with zero attached hydrogens (tertiary/aromatic N) is 1. The van der Waals surface area contributed by atoms with E-state index in [0.717, 1.165) is 12.8 Å². The molecule has 0 fully saturated rings. The van der Waals surface area contributed by atoms with Gasteiger partial charge in [0.25, 0.3) is 0 Å². The first kappa shape index (κ1) is 10.4. The van der Waals surface area contributed by atoms with Gasteiger partial charge in [0.05, 0.1) is 0 Å². The van der Waals surface area contributed by atoms with E-state index in [2.05, 4.69) is 0 Å². The van der Waals surface area contributed by atoms with Gasteiger partial charge in [-0.05, 0) is 12.3 Å². The maximum Gasteiger partial charge on any atom is 0.229 e. The summed E-state index contributed by atoms with van der Waals surface area (Å²) in [6.07, 6.45) is 1.01. The average molecular weight is 161 g/mol. The molecule has 0 saturated heterocycles. The minimum atomic E-state index is -0.787. The van der Waals surface area contributed by atoms with Gasteiger partial charge in [-0.1, -0.05) is 20.3 Å². The van der Waals surface area contributed by atoms with Crippen molar-refractivity contribution in [3.05, 3.63) is 10.1 Å². The van der Waals surface area contributed by atoms with Gasteiger partial charge < -0.3 is 5.11 Å². The zero-order chi connectivity index (χ0) is 8.85. The lowest BCUT2D eigenvalue weighted by molar-refractivity contribution is -0.492. The lowest BCUT2D eigenvalue weighted by Crippen LogP contribution is -2.26. The molecule has 0 amide bonds. The van der Waals surface area contributed by atoms with Crippen molar-refractivity contribution in [3.8, 4) is 0 Å². The molecule has 0 aliphatic heterocycles. The molecule has 1 N–H and O–H groups in total. The number of rotatable bonds is 5. The summed E-state index contributed by atoms with van der Waals surface area (Å²) in [4.78, 5) is 9.49. The zero-order valence-electron chi connectivity index (χ0n) is 6.99. The molecule has 0 aliphatic rings. The molecule has 0 radical (unpaired) electrons. The van der Waals surface area contributed by atoms with Crippen LogP contribution in [0, 0.1) is 16.0 Å². The summed E-state index contributed by atoms with van der Waals surface area (Å²) in [5.74, 6) is 0.0328. The molecule has 11 heavy (non-hydrogen) atoms. The van der Waals surface area contributed by atoms with E-state index >= 15 is 0 Å². The fourth-order valence-electron chi connectivity index (χ4n) is 0.980. The third-order valence-corrected chi connectivity index (χ3v) is 1.74. The van der Waals surface area contributed by atoms with Crippen LogP contribution in [0.1, 0.15) is 26.7 Å². The van der Waals surface area contributed by atoms with E-state index in [0.29, 0.717) is 0 Å². The van der Waals surface area contributed by atoms with Crippen molar-refractivity contribution >= 4 is 0 Å². The quantitative estimate of drug-likeness (QED) is 0.484. The normalized spacial score (nSPS) is 15.9. The molecule has 2 unspecified atom stereocenters. The maximum atomic E-state index is 9.96. The molecular weight excluding hydrogens is 146 g/mol. The van der Waals surface area contributed by atoms with E-state index in [4.69, 9.17) is 0 Å². The molecule has 66 valence electrons. The van der Waals surface area contributed by atoms with Gasteiger partial charge in [0, 0.05) is 4.92 Å². The first-order chi connectivity index (χ1) is 5.07. The van der Waals surface area contributed by atoms with E-state index < -0.39 is 11.0 Å². The van der Waals surface area contributed by atoms with Crippen molar-refractivity contribution < 1.29 is 10.0 Å². The molecule has 0 aliphatic carbocycles. The first-order valence-corrected chi connectivity index (χ1v) is 3.87. The highest BCUT2D eigenvalue weighted by molar-refractivity contribution is 4.62. The summed E-state index contributed by atoms with van der Waals surface area (Å²) in [6.45, 7) is 3.49. The van der Waals surface area contributed by atoms with Gasteiger partial charge in [0.1, 0.15) is 6.10 Å². The molecular formula is C7H15NO3. The second-order valence-electron chi connectivity index (χ2n) is 2.85. The Balaban J connectivity index is 3.63. The van der Waals surface area contributed by atoms with Gasteiger partial charge in [-0.2, -0.15) is 0 Å². The van der Waals surface area contributed by atoms with Gasteiger partial charge in [0.15, 0.2) is 0 Å². The largest absolute Gasteiger partial charge is 0.386 e. The van der Waals surface area contributed by atoms with Gasteiger partial charge in [0.2, 0.25) is 6.54 Å². The highest BCUT2D eigenvalue weighted by Gasteiger charge is 2.18. The Kier molecular flexibility index (Phi) is 4.77. The Labute approximate surface area is 66.4 Å². The first-order valence-electron chi connectivity index (χ1n) is 3.87. The van der Waals surface area contributed by atoms with Crippen LogP contribution in [0.3, 0.4) is 0 Å². The second-order valence-corrected chi connectivity index (χ2v) is 2.85. The van der Waals surface area contributed by atoms with Crippen LogP contribution < -0.4 is 0 Å². The Morgan fingerprint density at radius 1 is 1.64 bits per heavy atom. The summed E-state index contributed by atoms with van der Waals surface area (Å²) in [5, 5.41) is 19.1. The Bertz CT molecular complexity index is 127. The molecule has 2 atom stereocenters. The highest BCUT2D eigenvalue weighted by atomic mass is 16.6. The number of aliphatic hydroxyl groups excluding tert-OH is 1. The lowest BCUT2D eigenvalue weighted by atomic mass is 10.00. The van der Waals surface area contributed by atoms with Crippen LogP contribution >= 0.6 is 0 Å². The van der Waals surface area contributed by atoms with Gasteiger partial charge >= 0.3 is 0 Å². The molecule has 0 aromatic rings. The number of hydrogen-bond donors (Lipinski definition) is 1. The molecule has 0 bridgehead atoms. The standard InChI is InChI=1S/C7H15NO3/c1-3-4-6(2)7(9)5-8(10)11/h6-7,9H,3-5H2,1-2H3. The van der Waals surface area contributed by atoms with Gasteiger partial charge in [-0.25, -0.2) is 0 Å².